The monoisotopic (exact) mass is 239 g/mol. The molecular formula is C12H21N3S. The van der Waals surface area contributed by atoms with E-state index in [0.717, 1.165) is 35.3 Å². The van der Waals surface area contributed by atoms with Crippen molar-refractivity contribution < 1.29 is 0 Å². The summed E-state index contributed by atoms with van der Waals surface area (Å²) >= 11 is 1.81. The molecule has 0 aliphatic heterocycles. The van der Waals surface area contributed by atoms with Gasteiger partial charge in [0.25, 0.3) is 0 Å². The van der Waals surface area contributed by atoms with Crippen molar-refractivity contribution in [2.24, 2.45) is 5.92 Å². The Labute approximate surface area is 102 Å². The van der Waals surface area contributed by atoms with Crippen LogP contribution >= 0.6 is 11.8 Å². The third-order valence-electron chi connectivity index (χ3n) is 2.01. The van der Waals surface area contributed by atoms with Crippen LogP contribution in [0, 0.1) is 12.8 Å². The van der Waals surface area contributed by atoms with Gasteiger partial charge >= 0.3 is 0 Å². The predicted molar refractivity (Wildman–Crippen MR) is 71.1 cm³/mol. The van der Waals surface area contributed by atoms with Gasteiger partial charge < -0.3 is 5.32 Å². The maximum absolute atomic E-state index is 4.52. The molecule has 0 amide bonds. The van der Waals surface area contributed by atoms with Crippen LogP contribution in [0.15, 0.2) is 11.2 Å². The predicted octanol–water partition coefficient (Wildman–Crippen LogP) is 3.36. The highest BCUT2D eigenvalue weighted by Gasteiger charge is 2.05. The molecular weight excluding hydrogens is 218 g/mol. The number of thioether (sulfide) groups is 1. The Balaban J connectivity index is 2.66. The first kappa shape index (κ1) is 13.3. The van der Waals surface area contributed by atoms with Gasteiger partial charge in [0.2, 0.25) is 5.95 Å². The average Bonchev–Trinajstić information content (AvgIpc) is 2.26. The lowest BCUT2D eigenvalue weighted by Crippen LogP contribution is -2.05. The second kappa shape index (κ2) is 6.74. The van der Waals surface area contributed by atoms with Gasteiger partial charge in [0.15, 0.2) is 0 Å². The van der Waals surface area contributed by atoms with E-state index in [1.807, 2.05) is 18.0 Å². The van der Waals surface area contributed by atoms with Gasteiger partial charge in [-0.15, -0.1) is 11.8 Å². The van der Waals surface area contributed by atoms with Crippen molar-refractivity contribution >= 4 is 17.7 Å². The van der Waals surface area contributed by atoms with Crippen LogP contribution in [0.1, 0.15) is 32.8 Å². The summed E-state index contributed by atoms with van der Waals surface area (Å²) in [5, 5.41) is 4.31. The summed E-state index contributed by atoms with van der Waals surface area (Å²) < 4.78 is 0. The van der Waals surface area contributed by atoms with Crippen molar-refractivity contribution in [1.82, 2.24) is 9.97 Å². The molecule has 3 nitrogen and oxygen atoms in total. The van der Waals surface area contributed by atoms with E-state index in [4.69, 9.17) is 0 Å². The number of rotatable bonds is 6. The molecule has 0 aromatic carbocycles. The van der Waals surface area contributed by atoms with Gasteiger partial charge in [0, 0.05) is 18.5 Å². The van der Waals surface area contributed by atoms with Crippen LogP contribution in [0.4, 0.5) is 5.95 Å². The van der Waals surface area contributed by atoms with E-state index in [9.17, 15) is 0 Å². The van der Waals surface area contributed by atoms with Gasteiger partial charge in [-0.1, -0.05) is 20.8 Å². The summed E-state index contributed by atoms with van der Waals surface area (Å²) in [5.74, 6) is 2.54. The summed E-state index contributed by atoms with van der Waals surface area (Å²) in [5.41, 5.74) is 1.16. The Hall–Kier alpha value is -0.770. The van der Waals surface area contributed by atoms with E-state index in [-0.39, 0.29) is 0 Å². The van der Waals surface area contributed by atoms with Gasteiger partial charge in [-0.05, 0) is 24.8 Å². The van der Waals surface area contributed by atoms with Crippen LogP contribution < -0.4 is 5.32 Å². The maximum Gasteiger partial charge on any atom is 0.223 e. The molecule has 1 rings (SSSR count). The molecule has 1 aromatic rings. The Bertz CT molecular complexity index is 326. The van der Waals surface area contributed by atoms with E-state index in [1.54, 1.807) is 0 Å². The molecule has 0 bridgehead atoms. The van der Waals surface area contributed by atoms with Gasteiger partial charge in [-0.25, -0.2) is 9.97 Å². The number of nitrogens with one attached hydrogen (secondary N) is 1. The van der Waals surface area contributed by atoms with Crippen molar-refractivity contribution in [2.75, 3.05) is 17.6 Å². The number of aryl methyl sites for hydroxylation is 1. The highest BCUT2D eigenvalue weighted by molar-refractivity contribution is 7.99. The van der Waals surface area contributed by atoms with Crippen molar-refractivity contribution in [2.45, 2.75) is 39.1 Å². The third-order valence-corrected chi connectivity index (χ3v) is 3.53. The third kappa shape index (κ3) is 4.39. The first-order valence-corrected chi connectivity index (χ1v) is 6.82. The Kier molecular flexibility index (Phi) is 5.60. The molecule has 4 heteroatoms. The van der Waals surface area contributed by atoms with Gasteiger partial charge in [0.1, 0.15) is 5.03 Å². The van der Waals surface area contributed by atoms with E-state index in [2.05, 4.69) is 43.0 Å². The highest BCUT2D eigenvalue weighted by atomic mass is 32.2. The molecule has 0 fully saturated rings. The number of aromatic nitrogens is 2. The maximum atomic E-state index is 4.52. The number of hydrogen-bond acceptors (Lipinski definition) is 4. The zero-order chi connectivity index (χ0) is 12.0. The molecule has 0 aliphatic rings. The highest BCUT2D eigenvalue weighted by Crippen LogP contribution is 2.22. The van der Waals surface area contributed by atoms with Crippen LogP contribution in [0.3, 0.4) is 0 Å². The fourth-order valence-corrected chi connectivity index (χ4v) is 2.06. The van der Waals surface area contributed by atoms with Crippen LogP contribution in [0.5, 0.6) is 0 Å². The lowest BCUT2D eigenvalue weighted by Gasteiger charge is -2.09. The molecule has 0 saturated carbocycles. The molecule has 0 saturated heterocycles. The molecule has 0 aliphatic carbocycles. The lowest BCUT2D eigenvalue weighted by atomic mass is 10.3. The Morgan fingerprint density at radius 3 is 2.81 bits per heavy atom. The van der Waals surface area contributed by atoms with Crippen LogP contribution in [-0.2, 0) is 0 Å². The van der Waals surface area contributed by atoms with E-state index < -0.39 is 0 Å². The summed E-state index contributed by atoms with van der Waals surface area (Å²) in [6, 6.07) is 0. The van der Waals surface area contributed by atoms with Crippen molar-refractivity contribution in [3.05, 3.63) is 11.8 Å². The zero-order valence-electron chi connectivity index (χ0n) is 10.6. The lowest BCUT2D eigenvalue weighted by molar-refractivity contribution is 0.749. The van der Waals surface area contributed by atoms with Gasteiger partial charge in [0.05, 0.1) is 0 Å². The molecule has 90 valence electrons. The zero-order valence-corrected chi connectivity index (χ0v) is 11.4. The Morgan fingerprint density at radius 1 is 1.44 bits per heavy atom. The summed E-state index contributed by atoms with van der Waals surface area (Å²) in [6.45, 7) is 9.57. The molecule has 1 N–H and O–H groups in total. The van der Waals surface area contributed by atoms with E-state index in [1.165, 1.54) is 0 Å². The molecule has 1 aromatic heterocycles. The van der Waals surface area contributed by atoms with Crippen LogP contribution in [-0.4, -0.2) is 22.3 Å². The molecule has 1 heterocycles. The minimum atomic E-state index is 0.686. The van der Waals surface area contributed by atoms with Crippen LogP contribution in [0.25, 0.3) is 0 Å². The number of anilines is 1. The fourth-order valence-electron chi connectivity index (χ4n) is 1.14. The van der Waals surface area contributed by atoms with Crippen molar-refractivity contribution in [1.29, 1.82) is 0 Å². The molecule has 16 heavy (non-hydrogen) atoms. The molecule has 0 spiro atoms. The average molecular weight is 239 g/mol. The Morgan fingerprint density at radius 2 is 2.19 bits per heavy atom. The first-order valence-electron chi connectivity index (χ1n) is 5.83. The van der Waals surface area contributed by atoms with Crippen molar-refractivity contribution in [3.8, 4) is 0 Å². The topological polar surface area (TPSA) is 37.8 Å². The van der Waals surface area contributed by atoms with Gasteiger partial charge in [-0.2, -0.15) is 0 Å². The first-order chi connectivity index (χ1) is 7.63. The summed E-state index contributed by atoms with van der Waals surface area (Å²) in [6.07, 6.45) is 2.99. The summed E-state index contributed by atoms with van der Waals surface area (Å²) in [4.78, 5) is 8.79. The van der Waals surface area contributed by atoms with Crippen molar-refractivity contribution in [3.63, 3.8) is 0 Å². The summed E-state index contributed by atoms with van der Waals surface area (Å²) in [7, 11) is 0. The standard InChI is InChI=1S/C12H21N3S/c1-5-6-13-12-14-7-10(4)11(15-12)16-8-9(2)3/h7,9H,5-6,8H2,1-4H3,(H,13,14,15). The quantitative estimate of drug-likeness (QED) is 0.610. The van der Waals surface area contributed by atoms with E-state index in [0.29, 0.717) is 5.92 Å². The van der Waals surface area contributed by atoms with E-state index >= 15 is 0 Å². The molecule has 0 atom stereocenters. The van der Waals surface area contributed by atoms with Gasteiger partial charge in [-0.3, -0.25) is 0 Å². The molecule has 0 unspecified atom stereocenters. The number of nitrogens with zero attached hydrogens (tertiary/aromatic N) is 2. The fraction of sp³-hybridized carbons (Fsp3) is 0.667. The normalized spacial score (nSPS) is 10.8. The SMILES string of the molecule is CCCNc1ncc(C)c(SCC(C)C)n1. The van der Waals surface area contributed by atoms with Crippen LogP contribution in [0.2, 0.25) is 0 Å². The largest absolute Gasteiger partial charge is 0.354 e. The second-order valence-electron chi connectivity index (χ2n) is 4.31. The second-order valence-corrected chi connectivity index (χ2v) is 5.32. The minimum Gasteiger partial charge on any atom is -0.354 e. The smallest absolute Gasteiger partial charge is 0.223 e. The minimum absolute atomic E-state index is 0.686. The number of hydrogen-bond donors (Lipinski definition) is 1. The molecule has 0 radical (unpaired) electrons.